The molecular formula is C17H17ClN2O3S. The smallest absolute Gasteiger partial charge is 0.350 e. The largest absolute Gasteiger partial charge is 0.465 e. The molecule has 24 heavy (non-hydrogen) atoms. The van der Waals surface area contributed by atoms with Crippen LogP contribution in [0.1, 0.15) is 34.1 Å². The van der Waals surface area contributed by atoms with Gasteiger partial charge in [-0.15, -0.1) is 11.3 Å². The first-order valence-electron chi connectivity index (χ1n) is 7.59. The van der Waals surface area contributed by atoms with E-state index in [0.29, 0.717) is 22.1 Å². The fraction of sp³-hybridized carbons (Fsp3) is 0.294. The molecule has 2 amide bonds. The summed E-state index contributed by atoms with van der Waals surface area (Å²) in [6, 6.07) is 9.08. The van der Waals surface area contributed by atoms with E-state index in [9.17, 15) is 9.59 Å². The summed E-state index contributed by atoms with van der Waals surface area (Å²) < 4.78 is 4.74. The zero-order chi connectivity index (χ0) is 17.1. The van der Waals surface area contributed by atoms with Gasteiger partial charge in [-0.3, -0.25) is 0 Å². The molecule has 1 aliphatic rings. The van der Waals surface area contributed by atoms with E-state index in [1.54, 1.807) is 16.3 Å². The number of hydrogen-bond acceptors (Lipinski definition) is 4. The molecule has 2 aromatic rings. The molecule has 0 saturated carbocycles. The minimum atomic E-state index is -0.448. The fourth-order valence-electron chi connectivity index (χ4n) is 2.89. The van der Waals surface area contributed by atoms with E-state index in [2.05, 4.69) is 5.32 Å². The van der Waals surface area contributed by atoms with Crippen LogP contribution in [0.15, 0.2) is 35.7 Å². The first kappa shape index (κ1) is 16.8. The Bertz CT molecular complexity index is 745. The average molecular weight is 365 g/mol. The monoisotopic (exact) mass is 364 g/mol. The summed E-state index contributed by atoms with van der Waals surface area (Å²) in [5, 5.41) is 5.26. The van der Waals surface area contributed by atoms with Gasteiger partial charge in [0, 0.05) is 11.6 Å². The lowest BCUT2D eigenvalue weighted by atomic mass is 10.1. The molecule has 3 rings (SSSR count). The van der Waals surface area contributed by atoms with Crippen LogP contribution in [0.25, 0.3) is 0 Å². The van der Waals surface area contributed by atoms with Crippen molar-refractivity contribution in [3.63, 3.8) is 0 Å². The summed E-state index contributed by atoms with van der Waals surface area (Å²) in [6.45, 7) is 0.677. The highest BCUT2D eigenvalue weighted by atomic mass is 35.5. The molecule has 0 unspecified atom stereocenters. The van der Waals surface area contributed by atoms with Crippen molar-refractivity contribution >= 4 is 40.6 Å². The van der Waals surface area contributed by atoms with E-state index in [-0.39, 0.29) is 12.1 Å². The second kappa shape index (κ2) is 7.23. The van der Waals surface area contributed by atoms with Gasteiger partial charge in [0.1, 0.15) is 4.88 Å². The Balaban J connectivity index is 1.76. The molecule has 1 N–H and O–H groups in total. The number of esters is 1. The van der Waals surface area contributed by atoms with Crippen molar-refractivity contribution in [1.29, 1.82) is 0 Å². The van der Waals surface area contributed by atoms with Crippen molar-refractivity contribution in [2.24, 2.45) is 0 Å². The molecule has 0 aliphatic carbocycles. The van der Waals surface area contributed by atoms with Crippen LogP contribution >= 0.6 is 22.9 Å². The second-order valence-corrected chi connectivity index (χ2v) is 6.84. The predicted molar refractivity (Wildman–Crippen MR) is 94.8 cm³/mol. The normalized spacial score (nSPS) is 16.9. The van der Waals surface area contributed by atoms with Gasteiger partial charge in [0.05, 0.1) is 18.8 Å². The lowest BCUT2D eigenvalue weighted by molar-refractivity contribution is 0.0607. The molecule has 2 heterocycles. The molecule has 1 fully saturated rings. The molecule has 126 valence electrons. The molecule has 0 spiro atoms. The number of methoxy groups -OCH3 is 1. The van der Waals surface area contributed by atoms with Crippen LogP contribution in [0.3, 0.4) is 0 Å². The molecule has 0 bridgehead atoms. The van der Waals surface area contributed by atoms with Crippen molar-refractivity contribution in [3.8, 4) is 0 Å². The van der Waals surface area contributed by atoms with E-state index in [1.165, 1.54) is 18.4 Å². The lowest BCUT2D eigenvalue weighted by Crippen LogP contribution is -2.34. The molecule has 1 aromatic carbocycles. The third kappa shape index (κ3) is 3.39. The third-order valence-corrected chi connectivity index (χ3v) is 5.19. The van der Waals surface area contributed by atoms with E-state index < -0.39 is 5.97 Å². The molecule has 7 heteroatoms. The number of carbonyl (C=O) groups is 2. The number of thiophene rings is 1. The Morgan fingerprint density at radius 3 is 2.75 bits per heavy atom. The zero-order valence-electron chi connectivity index (χ0n) is 13.1. The summed E-state index contributed by atoms with van der Waals surface area (Å²) in [7, 11) is 1.32. The van der Waals surface area contributed by atoms with Crippen molar-refractivity contribution < 1.29 is 14.3 Å². The number of benzene rings is 1. The van der Waals surface area contributed by atoms with Crippen LogP contribution in [0.5, 0.6) is 0 Å². The Morgan fingerprint density at radius 1 is 1.29 bits per heavy atom. The van der Waals surface area contributed by atoms with Gasteiger partial charge >= 0.3 is 12.0 Å². The quantitative estimate of drug-likeness (QED) is 0.812. The first-order chi connectivity index (χ1) is 11.6. The average Bonchev–Trinajstić information content (AvgIpc) is 3.24. The van der Waals surface area contributed by atoms with E-state index in [0.717, 1.165) is 18.4 Å². The number of carbonyl (C=O) groups excluding carboxylic acids is 2. The number of nitrogens with one attached hydrogen (secondary N) is 1. The van der Waals surface area contributed by atoms with E-state index in [1.807, 2.05) is 24.3 Å². The Kier molecular flexibility index (Phi) is 5.06. The maximum Gasteiger partial charge on any atom is 0.350 e. The predicted octanol–water partition coefficient (Wildman–Crippen LogP) is 4.56. The van der Waals surface area contributed by atoms with E-state index in [4.69, 9.17) is 16.3 Å². The van der Waals surface area contributed by atoms with E-state index >= 15 is 0 Å². The highest BCUT2D eigenvalue weighted by molar-refractivity contribution is 7.12. The van der Waals surface area contributed by atoms with Crippen LogP contribution in [-0.2, 0) is 4.74 Å². The van der Waals surface area contributed by atoms with Crippen molar-refractivity contribution in [2.45, 2.75) is 18.9 Å². The van der Waals surface area contributed by atoms with Gasteiger partial charge in [0.2, 0.25) is 0 Å². The second-order valence-electron chi connectivity index (χ2n) is 5.49. The lowest BCUT2D eigenvalue weighted by Gasteiger charge is -2.25. The van der Waals surface area contributed by atoms with Crippen molar-refractivity contribution in [1.82, 2.24) is 4.90 Å². The maximum absolute atomic E-state index is 12.7. The maximum atomic E-state index is 12.7. The summed E-state index contributed by atoms with van der Waals surface area (Å²) >= 11 is 7.18. The van der Waals surface area contributed by atoms with Gasteiger partial charge in [0.15, 0.2) is 0 Å². The Labute approximate surface area is 149 Å². The fourth-order valence-corrected chi connectivity index (χ4v) is 3.78. The van der Waals surface area contributed by atoms with Crippen LogP contribution in [0.2, 0.25) is 5.02 Å². The number of likely N-dealkylation sites (tertiary alicyclic amines) is 1. The highest BCUT2D eigenvalue weighted by Gasteiger charge is 2.30. The SMILES string of the molecule is COC(=O)c1sccc1NC(=O)N1CCC[C@H]1c1ccc(Cl)cc1. The molecule has 0 radical (unpaired) electrons. The number of hydrogen-bond donors (Lipinski definition) is 1. The van der Waals surface area contributed by atoms with Crippen LogP contribution in [0, 0.1) is 0 Å². The molecular weight excluding hydrogens is 348 g/mol. The number of nitrogens with zero attached hydrogens (tertiary/aromatic N) is 1. The number of rotatable bonds is 3. The van der Waals surface area contributed by atoms with Crippen LogP contribution < -0.4 is 5.32 Å². The van der Waals surface area contributed by atoms with Gasteiger partial charge in [-0.1, -0.05) is 23.7 Å². The molecule has 1 aliphatic heterocycles. The summed E-state index contributed by atoms with van der Waals surface area (Å²) in [4.78, 5) is 26.6. The minimum Gasteiger partial charge on any atom is -0.465 e. The first-order valence-corrected chi connectivity index (χ1v) is 8.85. The number of anilines is 1. The summed E-state index contributed by atoms with van der Waals surface area (Å²) in [5.41, 5.74) is 1.55. The Hall–Kier alpha value is -2.05. The standard InChI is InChI=1S/C17H17ClN2O3S/c1-23-16(21)15-13(8-10-24-15)19-17(22)20-9-2-3-14(20)11-4-6-12(18)7-5-11/h4-8,10,14H,2-3,9H2,1H3,(H,19,22)/t14-/m0/s1. The number of amides is 2. The van der Waals surface area contributed by atoms with Gasteiger partial charge in [0.25, 0.3) is 0 Å². The van der Waals surface area contributed by atoms with Gasteiger partial charge < -0.3 is 15.0 Å². The van der Waals surface area contributed by atoms with Crippen LogP contribution in [-0.4, -0.2) is 30.6 Å². The topological polar surface area (TPSA) is 58.6 Å². The summed E-state index contributed by atoms with van der Waals surface area (Å²) in [5.74, 6) is -0.448. The minimum absolute atomic E-state index is 0.0162. The van der Waals surface area contributed by atoms with Gasteiger partial charge in [-0.25, -0.2) is 9.59 Å². The molecule has 1 atom stereocenters. The molecule has 1 aromatic heterocycles. The molecule has 5 nitrogen and oxygen atoms in total. The number of ether oxygens (including phenoxy) is 1. The van der Waals surface area contributed by atoms with Crippen molar-refractivity contribution in [3.05, 3.63) is 51.2 Å². The third-order valence-electron chi connectivity index (χ3n) is 4.05. The number of urea groups is 1. The van der Waals surface area contributed by atoms with Crippen LogP contribution in [0.4, 0.5) is 10.5 Å². The van der Waals surface area contributed by atoms with Gasteiger partial charge in [-0.05, 0) is 42.0 Å². The molecule has 1 saturated heterocycles. The van der Waals surface area contributed by atoms with Gasteiger partial charge in [-0.2, -0.15) is 0 Å². The number of halogens is 1. The summed E-state index contributed by atoms with van der Waals surface area (Å²) in [6.07, 6.45) is 1.84. The zero-order valence-corrected chi connectivity index (χ0v) is 14.7. The van der Waals surface area contributed by atoms with Crippen molar-refractivity contribution in [2.75, 3.05) is 19.0 Å². The highest BCUT2D eigenvalue weighted by Crippen LogP contribution is 2.33. The Morgan fingerprint density at radius 2 is 2.04 bits per heavy atom.